The first-order valence-electron chi connectivity index (χ1n) is 8.59. The van der Waals surface area contributed by atoms with Gasteiger partial charge in [0.05, 0.1) is 16.6 Å². The second kappa shape index (κ2) is 7.90. The van der Waals surface area contributed by atoms with Gasteiger partial charge >= 0.3 is 0 Å². The van der Waals surface area contributed by atoms with Crippen molar-refractivity contribution >= 4 is 34.4 Å². The maximum atomic E-state index is 13.4. The summed E-state index contributed by atoms with van der Waals surface area (Å²) in [5.74, 6) is -0.247. The van der Waals surface area contributed by atoms with Crippen molar-refractivity contribution in [3.63, 3.8) is 0 Å². The van der Waals surface area contributed by atoms with Crippen LogP contribution in [0.15, 0.2) is 78.2 Å². The highest BCUT2D eigenvalue weighted by Crippen LogP contribution is 2.32. The van der Waals surface area contributed by atoms with E-state index in [1.165, 1.54) is 12.1 Å². The van der Waals surface area contributed by atoms with Crippen molar-refractivity contribution in [1.82, 2.24) is 15.8 Å². The lowest BCUT2D eigenvalue weighted by Crippen LogP contribution is -2.45. The van der Waals surface area contributed by atoms with Gasteiger partial charge in [0, 0.05) is 6.54 Å². The largest absolute Gasteiger partial charge is 0.357 e. The van der Waals surface area contributed by atoms with Crippen molar-refractivity contribution in [2.24, 2.45) is 0 Å². The second-order valence-corrected chi connectivity index (χ2v) is 7.51. The molecular formula is C21H18FN3S2. The van der Waals surface area contributed by atoms with Crippen LogP contribution in [-0.4, -0.2) is 10.1 Å². The lowest BCUT2D eigenvalue weighted by Gasteiger charge is -2.28. The highest BCUT2D eigenvalue weighted by atomic mass is 32.1. The van der Waals surface area contributed by atoms with Gasteiger partial charge in [-0.15, -0.1) is 11.3 Å². The summed E-state index contributed by atoms with van der Waals surface area (Å²) in [6, 6.07) is 20.6. The number of thiophene rings is 1. The zero-order chi connectivity index (χ0) is 18.6. The molecule has 0 aliphatic carbocycles. The number of nitrogens with one attached hydrogen (secondary N) is 2. The molecule has 136 valence electrons. The van der Waals surface area contributed by atoms with Crippen LogP contribution in [-0.2, 0) is 6.54 Å². The van der Waals surface area contributed by atoms with Crippen LogP contribution in [0, 0.1) is 5.82 Å². The molecule has 0 bridgehead atoms. The average Bonchev–Trinajstić information content (AvgIpc) is 3.37. The lowest BCUT2D eigenvalue weighted by molar-refractivity contribution is 0.336. The van der Waals surface area contributed by atoms with Crippen LogP contribution in [0.4, 0.5) is 4.39 Å². The first-order valence-corrected chi connectivity index (χ1v) is 9.88. The van der Waals surface area contributed by atoms with Crippen LogP contribution < -0.4 is 10.7 Å². The summed E-state index contributed by atoms with van der Waals surface area (Å²) >= 11 is 7.31. The van der Waals surface area contributed by atoms with Gasteiger partial charge in [-0.3, -0.25) is 10.4 Å². The molecule has 1 aliphatic heterocycles. The molecule has 2 aromatic carbocycles. The van der Waals surface area contributed by atoms with Gasteiger partial charge in [-0.05, 0) is 53.0 Å². The highest BCUT2D eigenvalue weighted by molar-refractivity contribution is 7.80. The molecule has 0 saturated heterocycles. The fraction of sp³-hybridized carbons (Fsp3) is 0.0952. The summed E-state index contributed by atoms with van der Waals surface area (Å²) in [4.78, 5) is 1.13. The Labute approximate surface area is 167 Å². The maximum absolute atomic E-state index is 13.4. The third-order valence-corrected chi connectivity index (χ3v) is 5.59. The Kier molecular flexibility index (Phi) is 5.18. The maximum Gasteiger partial charge on any atom is 0.189 e. The van der Waals surface area contributed by atoms with Gasteiger partial charge in [-0.2, -0.15) is 0 Å². The molecule has 3 aromatic rings. The number of benzene rings is 2. The molecule has 0 unspecified atom stereocenters. The van der Waals surface area contributed by atoms with E-state index in [4.69, 9.17) is 12.2 Å². The molecule has 0 spiro atoms. The van der Waals surface area contributed by atoms with E-state index < -0.39 is 0 Å². The fourth-order valence-corrected chi connectivity index (χ4v) is 3.91. The minimum absolute atomic E-state index is 0.113. The summed E-state index contributed by atoms with van der Waals surface area (Å²) in [7, 11) is 0. The standard InChI is InChI=1S/C21H18FN3S2/c22-17-10-8-16(9-11-17)19-13-18(20-7-4-12-27-20)24-25(19)21(26)23-14-15-5-2-1-3-6-15/h1-13,19,24H,14H2,(H,23,26)/t19-/m1/s1. The smallest absolute Gasteiger partial charge is 0.189 e. The Morgan fingerprint density at radius 1 is 1.07 bits per heavy atom. The van der Waals surface area contributed by atoms with Gasteiger partial charge in [0.2, 0.25) is 0 Å². The first kappa shape index (κ1) is 17.7. The zero-order valence-electron chi connectivity index (χ0n) is 14.4. The molecular weight excluding hydrogens is 377 g/mol. The van der Waals surface area contributed by atoms with Crippen molar-refractivity contribution in [3.8, 4) is 0 Å². The summed E-state index contributed by atoms with van der Waals surface area (Å²) < 4.78 is 13.4. The average molecular weight is 396 g/mol. The Morgan fingerprint density at radius 2 is 1.85 bits per heavy atom. The fourth-order valence-electron chi connectivity index (χ4n) is 2.98. The molecule has 0 saturated carbocycles. The lowest BCUT2D eigenvalue weighted by atomic mass is 10.1. The van der Waals surface area contributed by atoms with Crippen LogP contribution in [0.2, 0.25) is 0 Å². The Hall–Kier alpha value is -2.70. The Morgan fingerprint density at radius 3 is 2.56 bits per heavy atom. The summed E-state index contributed by atoms with van der Waals surface area (Å²) in [5.41, 5.74) is 6.53. The van der Waals surface area contributed by atoms with E-state index in [1.807, 2.05) is 34.7 Å². The van der Waals surface area contributed by atoms with Crippen LogP contribution in [0.1, 0.15) is 22.0 Å². The molecule has 2 heterocycles. The van der Waals surface area contributed by atoms with Gasteiger partial charge in [-0.25, -0.2) is 4.39 Å². The van der Waals surface area contributed by atoms with E-state index in [0.29, 0.717) is 11.7 Å². The molecule has 0 amide bonds. The van der Waals surface area contributed by atoms with Crippen LogP contribution in [0.25, 0.3) is 5.70 Å². The molecule has 2 N–H and O–H groups in total. The third kappa shape index (κ3) is 4.02. The zero-order valence-corrected chi connectivity index (χ0v) is 16.1. The van der Waals surface area contributed by atoms with Crippen molar-refractivity contribution in [2.75, 3.05) is 0 Å². The number of hydrazine groups is 1. The summed E-state index contributed by atoms with van der Waals surface area (Å²) in [5, 5.41) is 7.86. The minimum atomic E-state index is -0.247. The number of halogens is 1. The first-order chi connectivity index (χ1) is 13.2. The van der Waals surface area contributed by atoms with E-state index in [2.05, 4.69) is 35.0 Å². The SMILES string of the molecule is Fc1ccc([C@H]2C=C(c3cccs3)NN2C(=S)NCc2ccccc2)cc1. The van der Waals surface area contributed by atoms with Crippen molar-refractivity contribution < 1.29 is 4.39 Å². The van der Waals surface area contributed by atoms with Gasteiger partial charge in [0.1, 0.15) is 5.82 Å². The van der Waals surface area contributed by atoms with E-state index in [1.54, 1.807) is 23.5 Å². The monoisotopic (exact) mass is 395 g/mol. The number of rotatable bonds is 4. The molecule has 3 nitrogen and oxygen atoms in total. The normalized spacial score (nSPS) is 16.0. The highest BCUT2D eigenvalue weighted by Gasteiger charge is 2.29. The van der Waals surface area contributed by atoms with Crippen LogP contribution >= 0.6 is 23.6 Å². The topological polar surface area (TPSA) is 27.3 Å². The number of hydrogen-bond acceptors (Lipinski definition) is 3. The molecule has 1 aromatic heterocycles. The van der Waals surface area contributed by atoms with Gasteiger partial charge in [-0.1, -0.05) is 48.5 Å². The molecule has 1 aliphatic rings. The number of hydrogen-bond donors (Lipinski definition) is 2. The van der Waals surface area contributed by atoms with Crippen LogP contribution in [0.5, 0.6) is 0 Å². The molecule has 1 atom stereocenters. The van der Waals surface area contributed by atoms with E-state index in [9.17, 15) is 4.39 Å². The molecule has 0 fully saturated rings. The predicted molar refractivity (Wildman–Crippen MR) is 112 cm³/mol. The Balaban J connectivity index is 1.55. The quantitative estimate of drug-likeness (QED) is 0.617. The molecule has 27 heavy (non-hydrogen) atoms. The minimum Gasteiger partial charge on any atom is -0.357 e. The van der Waals surface area contributed by atoms with E-state index >= 15 is 0 Å². The van der Waals surface area contributed by atoms with Gasteiger partial charge in [0.15, 0.2) is 5.11 Å². The number of thiocarbonyl (C=S) groups is 1. The summed E-state index contributed by atoms with van der Waals surface area (Å²) in [6.45, 7) is 0.641. The molecule has 0 radical (unpaired) electrons. The number of nitrogens with zero attached hydrogens (tertiary/aromatic N) is 1. The van der Waals surface area contributed by atoms with Crippen molar-refractivity contribution in [1.29, 1.82) is 0 Å². The predicted octanol–water partition coefficient (Wildman–Crippen LogP) is 4.86. The summed E-state index contributed by atoms with van der Waals surface area (Å²) in [6.07, 6.45) is 2.12. The van der Waals surface area contributed by atoms with E-state index in [0.717, 1.165) is 21.7 Å². The molecule has 4 rings (SSSR count). The second-order valence-electron chi connectivity index (χ2n) is 6.18. The Bertz CT molecular complexity index is 937. The van der Waals surface area contributed by atoms with Gasteiger partial charge in [0.25, 0.3) is 0 Å². The van der Waals surface area contributed by atoms with E-state index in [-0.39, 0.29) is 11.9 Å². The molecule has 6 heteroatoms. The van der Waals surface area contributed by atoms with Crippen molar-refractivity contribution in [2.45, 2.75) is 12.6 Å². The van der Waals surface area contributed by atoms with Crippen LogP contribution in [0.3, 0.4) is 0 Å². The van der Waals surface area contributed by atoms with Gasteiger partial charge < -0.3 is 5.32 Å². The van der Waals surface area contributed by atoms with Crippen molar-refractivity contribution in [3.05, 3.63) is 100 Å². The third-order valence-electron chi connectivity index (χ3n) is 4.35.